The van der Waals surface area contributed by atoms with Gasteiger partial charge in [-0.25, -0.2) is 0 Å². The molecule has 0 unspecified atom stereocenters. The normalized spacial score (nSPS) is 21.4. The number of benzene rings is 1. The van der Waals surface area contributed by atoms with Gasteiger partial charge in [-0.05, 0) is 29.8 Å². The molecule has 5 rings (SSSR count). The number of pyridine rings is 1. The number of amides is 3. The van der Waals surface area contributed by atoms with Crippen LogP contribution >= 0.6 is 0 Å². The molecule has 1 atom stereocenters. The standard InChI is InChI=1S/C20H15N3O5/c24-13-2-1-11-9-23(18(26)14(11)6-13)10-20(7-17(25)22-19(20)27)16-5-12-8-21-4-3-15(12)28-16/h1-6,8,24H,7,9-10H2,(H,22,25,27)/t20-/m1/s1. The van der Waals surface area contributed by atoms with E-state index < -0.39 is 17.2 Å². The lowest BCUT2D eigenvalue weighted by molar-refractivity contribution is -0.126. The van der Waals surface area contributed by atoms with Crippen LogP contribution in [-0.2, 0) is 21.5 Å². The molecule has 8 nitrogen and oxygen atoms in total. The highest BCUT2D eigenvalue weighted by Gasteiger charge is 2.53. The van der Waals surface area contributed by atoms with E-state index in [-0.39, 0.29) is 24.6 Å². The molecule has 1 fully saturated rings. The Morgan fingerprint density at radius 2 is 2.07 bits per heavy atom. The average Bonchev–Trinajstić information content (AvgIpc) is 3.31. The van der Waals surface area contributed by atoms with Crippen LogP contribution in [-0.4, -0.2) is 39.3 Å². The van der Waals surface area contributed by atoms with E-state index in [1.807, 2.05) is 0 Å². The molecule has 2 aromatic heterocycles. The van der Waals surface area contributed by atoms with Crippen LogP contribution in [0.3, 0.4) is 0 Å². The number of carbonyl (C=O) groups is 3. The van der Waals surface area contributed by atoms with Crippen molar-refractivity contribution >= 4 is 28.7 Å². The van der Waals surface area contributed by atoms with Crippen molar-refractivity contribution in [3.8, 4) is 5.75 Å². The van der Waals surface area contributed by atoms with Gasteiger partial charge in [-0.2, -0.15) is 0 Å². The predicted molar refractivity (Wildman–Crippen MR) is 96.3 cm³/mol. The minimum Gasteiger partial charge on any atom is -0.508 e. The van der Waals surface area contributed by atoms with Crippen LogP contribution in [0.5, 0.6) is 5.75 Å². The van der Waals surface area contributed by atoms with Crippen LogP contribution in [0.4, 0.5) is 0 Å². The van der Waals surface area contributed by atoms with Gasteiger partial charge >= 0.3 is 0 Å². The summed E-state index contributed by atoms with van der Waals surface area (Å²) < 4.78 is 5.88. The van der Waals surface area contributed by atoms with Crippen molar-refractivity contribution in [3.63, 3.8) is 0 Å². The number of imide groups is 1. The van der Waals surface area contributed by atoms with Gasteiger partial charge in [0.25, 0.3) is 5.91 Å². The molecule has 0 spiro atoms. The number of fused-ring (bicyclic) bond motifs is 2. The van der Waals surface area contributed by atoms with Crippen molar-refractivity contribution in [2.24, 2.45) is 0 Å². The molecule has 1 aromatic carbocycles. The number of hydrogen-bond donors (Lipinski definition) is 2. The van der Waals surface area contributed by atoms with Crippen molar-refractivity contribution < 1.29 is 23.9 Å². The lowest BCUT2D eigenvalue weighted by Crippen LogP contribution is -2.46. The molecule has 140 valence electrons. The molecule has 1 saturated heterocycles. The number of phenolic OH excluding ortho intramolecular Hbond substituents is 1. The van der Waals surface area contributed by atoms with Crippen molar-refractivity contribution in [1.29, 1.82) is 0 Å². The van der Waals surface area contributed by atoms with Crippen LogP contribution < -0.4 is 5.32 Å². The summed E-state index contributed by atoms with van der Waals surface area (Å²) in [5.74, 6) is -0.871. The first-order valence-corrected chi connectivity index (χ1v) is 8.76. The lowest BCUT2D eigenvalue weighted by atomic mass is 9.82. The fraction of sp³-hybridized carbons (Fsp3) is 0.200. The number of phenols is 1. The number of carbonyl (C=O) groups excluding carboxylic acids is 3. The largest absolute Gasteiger partial charge is 0.508 e. The quantitative estimate of drug-likeness (QED) is 0.669. The highest BCUT2D eigenvalue weighted by Crippen LogP contribution is 2.38. The maximum absolute atomic E-state index is 12.8. The fourth-order valence-electron chi connectivity index (χ4n) is 3.97. The van der Waals surface area contributed by atoms with Crippen LogP contribution in [0.1, 0.15) is 28.1 Å². The number of furan rings is 1. The number of nitrogens with one attached hydrogen (secondary N) is 1. The Labute approximate surface area is 158 Å². The first-order valence-electron chi connectivity index (χ1n) is 8.76. The molecule has 0 radical (unpaired) electrons. The van der Waals surface area contributed by atoms with Crippen molar-refractivity contribution in [2.75, 3.05) is 6.54 Å². The zero-order valence-electron chi connectivity index (χ0n) is 14.6. The number of rotatable bonds is 3. The molecule has 8 heteroatoms. The summed E-state index contributed by atoms with van der Waals surface area (Å²) in [4.78, 5) is 43.3. The Bertz CT molecular complexity index is 1130. The van der Waals surface area contributed by atoms with Gasteiger partial charge in [-0.15, -0.1) is 0 Å². The zero-order chi connectivity index (χ0) is 19.5. The van der Waals surface area contributed by atoms with E-state index in [0.717, 1.165) is 5.56 Å². The van der Waals surface area contributed by atoms with Gasteiger partial charge in [0.05, 0.1) is 6.42 Å². The van der Waals surface area contributed by atoms with E-state index >= 15 is 0 Å². The van der Waals surface area contributed by atoms with E-state index in [0.29, 0.717) is 28.8 Å². The van der Waals surface area contributed by atoms with Crippen LogP contribution in [0.25, 0.3) is 11.0 Å². The number of hydrogen-bond acceptors (Lipinski definition) is 6. The van der Waals surface area contributed by atoms with Crippen LogP contribution in [0.15, 0.2) is 47.1 Å². The van der Waals surface area contributed by atoms with E-state index in [9.17, 15) is 19.5 Å². The second kappa shape index (κ2) is 5.66. The summed E-state index contributed by atoms with van der Waals surface area (Å²) in [6.45, 7) is 0.283. The third-order valence-electron chi connectivity index (χ3n) is 5.37. The molecule has 2 N–H and O–H groups in total. The molecule has 2 aliphatic rings. The summed E-state index contributed by atoms with van der Waals surface area (Å²) in [5.41, 5.74) is 0.401. The Kier molecular flexibility index (Phi) is 3.33. The van der Waals surface area contributed by atoms with Gasteiger partial charge in [-0.1, -0.05) is 6.07 Å². The van der Waals surface area contributed by atoms with Crippen molar-refractivity contribution in [3.05, 3.63) is 59.6 Å². The summed E-state index contributed by atoms with van der Waals surface area (Å²) in [6, 6.07) is 7.99. The molecule has 4 heterocycles. The van der Waals surface area contributed by atoms with Crippen LogP contribution in [0.2, 0.25) is 0 Å². The molecule has 3 amide bonds. The number of nitrogens with zero attached hydrogens (tertiary/aromatic N) is 2. The fourth-order valence-corrected chi connectivity index (χ4v) is 3.97. The second-order valence-electron chi connectivity index (χ2n) is 7.16. The topological polar surface area (TPSA) is 113 Å². The van der Waals surface area contributed by atoms with E-state index in [4.69, 9.17) is 4.42 Å². The Morgan fingerprint density at radius 1 is 1.21 bits per heavy atom. The maximum atomic E-state index is 12.8. The van der Waals surface area contributed by atoms with Gasteiger partial charge in [0.15, 0.2) is 0 Å². The minimum absolute atomic E-state index is 0.00207. The van der Waals surface area contributed by atoms with E-state index in [1.165, 1.54) is 17.0 Å². The zero-order valence-corrected chi connectivity index (χ0v) is 14.6. The first-order chi connectivity index (χ1) is 13.5. The smallest absolute Gasteiger partial charge is 0.254 e. The van der Waals surface area contributed by atoms with Gasteiger partial charge in [0, 0.05) is 36.4 Å². The first kappa shape index (κ1) is 16.5. The number of aromatic nitrogens is 1. The second-order valence-corrected chi connectivity index (χ2v) is 7.16. The average molecular weight is 377 g/mol. The molecular formula is C20H15N3O5. The predicted octanol–water partition coefficient (Wildman–Crippen LogP) is 1.47. The Morgan fingerprint density at radius 3 is 2.82 bits per heavy atom. The summed E-state index contributed by atoms with van der Waals surface area (Å²) in [7, 11) is 0. The molecule has 0 bridgehead atoms. The lowest BCUT2D eigenvalue weighted by Gasteiger charge is -2.28. The summed E-state index contributed by atoms with van der Waals surface area (Å²) >= 11 is 0. The molecule has 2 aliphatic heterocycles. The summed E-state index contributed by atoms with van der Waals surface area (Å²) in [5, 5.41) is 12.7. The monoisotopic (exact) mass is 377 g/mol. The molecule has 0 saturated carbocycles. The van der Waals surface area contributed by atoms with E-state index in [2.05, 4.69) is 10.3 Å². The Hall–Kier alpha value is -3.68. The maximum Gasteiger partial charge on any atom is 0.254 e. The Balaban J connectivity index is 1.56. The van der Waals surface area contributed by atoms with Gasteiger partial charge < -0.3 is 14.4 Å². The summed E-state index contributed by atoms with van der Waals surface area (Å²) in [6.07, 6.45) is 3.09. The number of aromatic hydroxyl groups is 1. The van der Waals surface area contributed by atoms with Crippen molar-refractivity contribution in [1.82, 2.24) is 15.2 Å². The van der Waals surface area contributed by atoms with E-state index in [1.54, 1.807) is 30.6 Å². The molecular weight excluding hydrogens is 362 g/mol. The minimum atomic E-state index is -1.31. The van der Waals surface area contributed by atoms with Gasteiger partial charge in [0.2, 0.25) is 11.8 Å². The molecule has 28 heavy (non-hydrogen) atoms. The molecule has 0 aliphatic carbocycles. The third-order valence-corrected chi connectivity index (χ3v) is 5.37. The SMILES string of the molecule is O=C1C[C@@](CN2Cc3ccc(O)cc3C2=O)(c2cc3cnccc3o2)C(=O)N1. The highest BCUT2D eigenvalue weighted by atomic mass is 16.3. The van der Waals surface area contributed by atoms with Gasteiger partial charge in [-0.3, -0.25) is 24.7 Å². The molecule has 3 aromatic rings. The highest BCUT2D eigenvalue weighted by molar-refractivity contribution is 6.10. The van der Waals surface area contributed by atoms with Crippen molar-refractivity contribution in [2.45, 2.75) is 18.4 Å². The van der Waals surface area contributed by atoms with Gasteiger partial charge in [0.1, 0.15) is 22.5 Å². The van der Waals surface area contributed by atoms with Crippen LogP contribution in [0, 0.1) is 0 Å². The third kappa shape index (κ3) is 2.31.